The van der Waals surface area contributed by atoms with E-state index < -0.39 is 0 Å². The Bertz CT molecular complexity index is 628. The van der Waals surface area contributed by atoms with E-state index in [2.05, 4.69) is 15.6 Å². The lowest BCUT2D eigenvalue weighted by atomic mass is 9.93. The minimum absolute atomic E-state index is 0.00507. The summed E-state index contributed by atoms with van der Waals surface area (Å²) in [6, 6.07) is 7.02. The van der Waals surface area contributed by atoms with Gasteiger partial charge in [0.25, 0.3) is 5.91 Å². The molecule has 21 heavy (non-hydrogen) atoms. The molecule has 0 unspecified atom stereocenters. The predicted molar refractivity (Wildman–Crippen MR) is 79.9 cm³/mol. The van der Waals surface area contributed by atoms with Crippen molar-refractivity contribution in [3.05, 3.63) is 52.5 Å². The van der Waals surface area contributed by atoms with Crippen LogP contribution >= 0.6 is 11.3 Å². The van der Waals surface area contributed by atoms with Gasteiger partial charge in [-0.15, -0.1) is 11.3 Å². The first kappa shape index (κ1) is 13.8. The first-order valence-electron chi connectivity index (χ1n) is 6.77. The second kappa shape index (κ2) is 6.05. The quantitative estimate of drug-likeness (QED) is 0.909. The van der Waals surface area contributed by atoms with E-state index in [0.29, 0.717) is 17.7 Å². The van der Waals surface area contributed by atoms with Gasteiger partial charge in [-0.1, -0.05) is 12.1 Å². The van der Waals surface area contributed by atoms with E-state index in [1.807, 2.05) is 23.6 Å². The minimum atomic E-state index is -0.233. The Hall–Kier alpha value is -2.21. The summed E-state index contributed by atoms with van der Waals surface area (Å²) in [7, 11) is 0. The van der Waals surface area contributed by atoms with E-state index >= 15 is 0 Å². The second-order valence-electron chi connectivity index (χ2n) is 4.93. The molecule has 1 saturated heterocycles. The molecule has 0 radical (unpaired) electrons. The molecule has 1 fully saturated rings. The van der Waals surface area contributed by atoms with Crippen LogP contribution in [-0.4, -0.2) is 22.8 Å². The fraction of sp³-hybridized carbons (Fsp3) is 0.267. The molecule has 2 aromatic rings. The van der Waals surface area contributed by atoms with Crippen LogP contribution in [0.25, 0.3) is 0 Å². The Morgan fingerprint density at radius 2 is 2.29 bits per heavy atom. The molecule has 1 aliphatic heterocycles. The molecule has 108 valence electrons. The van der Waals surface area contributed by atoms with Crippen LogP contribution in [0.3, 0.4) is 0 Å². The summed E-state index contributed by atoms with van der Waals surface area (Å²) < 4.78 is 0. The number of thiophene rings is 1. The molecule has 2 N–H and O–H groups in total. The molecule has 5 nitrogen and oxygen atoms in total. The summed E-state index contributed by atoms with van der Waals surface area (Å²) in [5.41, 5.74) is 0.905. The van der Waals surface area contributed by atoms with Gasteiger partial charge in [-0.3, -0.25) is 14.6 Å². The number of carbonyl (C=O) groups excluding carboxylic acids is 2. The molecule has 0 aliphatic carbocycles. The van der Waals surface area contributed by atoms with E-state index in [1.165, 1.54) is 11.3 Å². The monoisotopic (exact) mass is 301 g/mol. The van der Waals surface area contributed by atoms with Gasteiger partial charge in [0, 0.05) is 18.8 Å². The highest BCUT2D eigenvalue weighted by Gasteiger charge is 2.31. The van der Waals surface area contributed by atoms with Crippen molar-refractivity contribution in [3.8, 4) is 0 Å². The largest absolute Gasteiger partial charge is 0.347 e. The van der Waals surface area contributed by atoms with Crippen molar-refractivity contribution in [1.29, 1.82) is 0 Å². The Balaban J connectivity index is 1.78. The van der Waals surface area contributed by atoms with Crippen molar-refractivity contribution in [2.75, 3.05) is 0 Å². The van der Waals surface area contributed by atoms with E-state index in [4.69, 9.17) is 0 Å². The molecule has 0 spiro atoms. The number of pyridine rings is 1. The number of carbonyl (C=O) groups is 2. The highest BCUT2D eigenvalue weighted by atomic mass is 32.1. The first-order valence-corrected chi connectivity index (χ1v) is 7.65. The zero-order chi connectivity index (χ0) is 14.7. The lowest BCUT2D eigenvalue weighted by molar-refractivity contribution is -0.123. The summed E-state index contributed by atoms with van der Waals surface area (Å²) in [5, 5.41) is 7.83. The highest BCUT2D eigenvalue weighted by molar-refractivity contribution is 7.12. The number of rotatable bonds is 3. The Morgan fingerprint density at radius 1 is 1.38 bits per heavy atom. The number of nitrogens with zero attached hydrogens (tertiary/aromatic N) is 1. The maximum Gasteiger partial charge on any atom is 0.261 e. The molecule has 3 rings (SSSR count). The summed E-state index contributed by atoms with van der Waals surface area (Å²) in [4.78, 5) is 28.6. The van der Waals surface area contributed by atoms with Crippen LogP contribution in [0, 0.1) is 0 Å². The normalized spacial score (nSPS) is 21.6. The predicted octanol–water partition coefficient (Wildman–Crippen LogP) is 1.89. The summed E-state index contributed by atoms with van der Waals surface area (Å²) in [5.74, 6) is -0.0921. The van der Waals surface area contributed by atoms with Crippen LogP contribution in [-0.2, 0) is 4.79 Å². The standard InChI is InChI=1S/C15H15N3O2S/c19-13-6-5-11(17-15(20)12-4-2-8-21-12)14(18-13)10-3-1-7-16-9-10/h1-4,7-9,11,14H,5-6H2,(H,17,20)(H,18,19)/t11-,14-/m0/s1. The van der Waals surface area contributed by atoms with Crippen molar-refractivity contribution in [2.24, 2.45) is 0 Å². The van der Waals surface area contributed by atoms with Gasteiger partial charge in [-0.2, -0.15) is 0 Å². The number of aromatic nitrogens is 1. The van der Waals surface area contributed by atoms with E-state index in [0.717, 1.165) is 5.56 Å². The van der Waals surface area contributed by atoms with Gasteiger partial charge in [0.15, 0.2) is 0 Å². The molecule has 2 atom stereocenters. The lowest BCUT2D eigenvalue weighted by Crippen LogP contribution is -2.50. The number of hydrogen-bond donors (Lipinski definition) is 2. The summed E-state index contributed by atoms with van der Waals surface area (Å²) in [6.07, 6.45) is 4.46. The van der Waals surface area contributed by atoms with Crippen LogP contribution < -0.4 is 10.6 Å². The molecule has 1 aliphatic rings. The van der Waals surface area contributed by atoms with E-state index in [1.54, 1.807) is 18.5 Å². The molecule has 3 heterocycles. The minimum Gasteiger partial charge on any atom is -0.347 e. The van der Waals surface area contributed by atoms with Crippen molar-refractivity contribution in [3.63, 3.8) is 0 Å². The van der Waals surface area contributed by atoms with Gasteiger partial charge in [0.05, 0.1) is 17.0 Å². The first-order chi connectivity index (χ1) is 10.2. The Morgan fingerprint density at radius 3 is 3.00 bits per heavy atom. The van der Waals surface area contributed by atoms with E-state index in [9.17, 15) is 9.59 Å². The van der Waals surface area contributed by atoms with Crippen LogP contribution in [0.4, 0.5) is 0 Å². The molecular weight excluding hydrogens is 286 g/mol. The maximum atomic E-state index is 12.2. The molecule has 0 aromatic carbocycles. The molecule has 2 aromatic heterocycles. The fourth-order valence-electron chi connectivity index (χ4n) is 2.48. The average Bonchev–Trinajstić information content (AvgIpc) is 3.04. The lowest BCUT2D eigenvalue weighted by Gasteiger charge is -2.32. The van der Waals surface area contributed by atoms with Gasteiger partial charge < -0.3 is 10.6 Å². The zero-order valence-corrected chi connectivity index (χ0v) is 12.1. The van der Waals surface area contributed by atoms with Gasteiger partial charge >= 0.3 is 0 Å². The third-order valence-corrected chi connectivity index (χ3v) is 4.37. The molecular formula is C15H15N3O2S. The summed E-state index contributed by atoms with van der Waals surface area (Å²) in [6.45, 7) is 0. The fourth-order valence-corrected chi connectivity index (χ4v) is 3.10. The third-order valence-electron chi connectivity index (χ3n) is 3.51. The van der Waals surface area contributed by atoms with Gasteiger partial charge in [0.2, 0.25) is 5.91 Å². The molecule has 6 heteroatoms. The maximum absolute atomic E-state index is 12.2. The van der Waals surface area contributed by atoms with Crippen molar-refractivity contribution in [2.45, 2.75) is 24.9 Å². The Kier molecular flexibility index (Phi) is 3.96. The number of nitrogens with one attached hydrogen (secondary N) is 2. The topological polar surface area (TPSA) is 71.1 Å². The van der Waals surface area contributed by atoms with Crippen LogP contribution in [0.15, 0.2) is 42.0 Å². The summed E-state index contributed by atoms with van der Waals surface area (Å²) >= 11 is 1.41. The zero-order valence-electron chi connectivity index (χ0n) is 11.3. The van der Waals surface area contributed by atoms with Crippen LogP contribution in [0.5, 0.6) is 0 Å². The van der Waals surface area contributed by atoms with Gasteiger partial charge in [-0.25, -0.2) is 0 Å². The average molecular weight is 301 g/mol. The van der Waals surface area contributed by atoms with Gasteiger partial charge in [-0.05, 0) is 29.5 Å². The van der Waals surface area contributed by atoms with E-state index in [-0.39, 0.29) is 23.9 Å². The number of hydrogen-bond acceptors (Lipinski definition) is 4. The van der Waals surface area contributed by atoms with Crippen LogP contribution in [0.1, 0.15) is 34.1 Å². The number of piperidine rings is 1. The highest BCUT2D eigenvalue weighted by Crippen LogP contribution is 2.24. The van der Waals surface area contributed by atoms with Crippen LogP contribution in [0.2, 0.25) is 0 Å². The van der Waals surface area contributed by atoms with Crippen molar-refractivity contribution < 1.29 is 9.59 Å². The van der Waals surface area contributed by atoms with Crippen molar-refractivity contribution >= 4 is 23.2 Å². The van der Waals surface area contributed by atoms with Crippen molar-refractivity contribution in [1.82, 2.24) is 15.6 Å². The smallest absolute Gasteiger partial charge is 0.261 e. The third kappa shape index (κ3) is 3.11. The number of amides is 2. The van der Waals surface area contributed by atoms with Gasteiger partial charge in [0.1, 0.15) is 0 Å². The molecule has 0 saturated carbocycles. The Labute approximate surface area is 126 Å². The molecule has 0 bridgehead atoms. The SMILES string of the molecule is O=C1CC[C@H](NC(=O)c2cccs2)[C@H](c2cccnc2)N1. The second-order valence-corrected chi connectivity index (χ2v) is 5.88. The molecule has 2 amide bonds.